The van der Waals surface area contributed by atoms with Gasteiger partial charge in [-0.05, 0) is 37.0 Å². The molecule has 4 nitrogen and oxygen atoms in total. The Morgan fingerprint density at radius 3 is 1.89 bits per heavy atom. The van der Waals surface area contributed by atoms with Crippen LogP contribution in [0, 0.1) is 5.92 Å². The Labute approximate surface area is 233 Å². The Morgan fingerprint density at radius 2 is 1.32 bits per heavy atom. The number of aryl methyl sites for hydroxylation is 1. The first-order valence-corrected chi connectivity index (χ1v) is 15.2. The van der Waals surface area contributed by atoms with Gasteiger partial charge >= 0.3 is 5.97 Å². The van der Waals surface area contributed by atoms with Crippen molar-refractivity contribution in [3.63, 3.8) is 0 Å². The fourth-order valence-electron chi connectivity index (χ4n) is 5.13. The number of hydrogen-bond acceptors (Lipinski definition) is 3. The van der Waals surface area contributed by atoms with Crippen LogP contribution in [0.4, 0.5) is 0 Å². The third kappa shape index (κ3) is 14.0. The molecule has 0 saturated carbocycles. The highest BCUT2D eigenvalue weighted by Crippen LogP contribution is 2.18. The predicted octanol–water partition coefficient (Wildman–Crippen LogP) is 8.72. The van der Waals surface area contributed by atoms with Gasteiger partial charge in [-0.2, -0.15) is 0 Å². The second-order valence-corrected chi connectivity index (χ2v) is 11.5. The summed E-state index contributed by atoms with van der Waals surface area (Å²) in [5, 5.41) is 0. The molecule has 212 valence electrons. The molecule has 4 heteroatoms. The van der Waals surface area contributed by atoms with Crippen molar-refractivity contribution < 1.29 is 18.8 Å². The molecule has 0 fully saturated rings. The SMILES string of the molecule is CCCCCCCCCCCCCc1ccc(OCOC(=O)C(CC)C[N+](C)(C)Cc2ccccc2)cc1. The number of benzene rings is 2. The van der Waals surface area contributed by atoms with Gasteiger partial charge < -0.3 is 14.0 Å². The van der Waals surface area contributed by atoms with Gasteiger partial charge in [0.25, 0.3) is 0 Å². The molecule has 38 heavy (non-hydrogen) atoms. The van der Waals surface area contributed by atoms with Crippen molar-refractivity contribution in [3.8, 4) is 5.75 Å². The second kappa shape index (κ2) is 18.8. The van der Waals surface area contributed by atoms with Crippen molar-refractivity contribution >= 4 is 5.97 Å². The molecule has 0 radical (unpaired) electrons. The van der Waals surface area contributed by atoms with Crippen LogP contribution in [0.3, 0.4) is 0 Å². The maximum absolute atomic E-state index is 12.7. The minimum Gasteiger partial charge on any atom is -0.457 e. The lowest BCUT2D eigenvalue weighted by molar-refractivity contribution is -0.906. The van der Waals surface area contributed by atoms with Crippen LogP contribution >= 0.6 is 0 Å². The summed E-state index contributed by atoms with van der Waals surface area (Å²) in [6.07, 6.45) is 16.9. The monoisotopic (exact) mass is 524 g/mol. The number of carbonyl (C=O) groups is 1. The molecule has 0 aliphatic carbocycles. The number of esters is 1. The van der Waals surface area contributed by atoms with Gasteiger partial charge in [-0.25, -0.2) is 0 Å². The third-order valence-corrected chi connectivity index (χ3v) is 7.41. The lowest BCUT2D eigenvalue weighted by atomic mass is 10.0. The average Bonchev–Trinajstić information content (AvgIpc) is 2.91. The lowest BCUT2D eigenvalue weighted by Gasteiger charge is -2.32. The molecule has 0 aliphatic heterocycles. The summed E-state index contributed by atoms with van der Waals surface area (Å²) in [5.74, 6) is 0.416. The van der Waals surface area contributed by atoms with E-state index in [1.54, 1.807) is 0 Å². The number of ether oxygens (including phenoxy) is 2. The van der Waals surface area contributed by atoms with Crippen molar-refractivity contribution in [1.29, 1.82) is 0 Å². The fraction of sp³-hybridized carbons (Fsp3) is 0.618. The predicted molar refractivity (Wildman–Crippen MR) is 159 cm³/mol. The molecular weight excluding hydrogens is 470 g/mol. The molecular formula is C34H54NO3+. The minimum atomic E-state index is -0.181. The molecule has 0 spiro atoms. The molecule has 1 unspecified atom stereocenters. The molecule has 2 aromatic carbocycles. The van der Waals surface area contributed by atoms with E-state index in [1.165, 1.54) is 81.8 Å². The highest BCUT2D eigenvalue weighted by molar-refractivity contribution is 5.72. The molecule has 0 aliphatic rings. The molecule has 0 saturated heterocycles. The number of hydrogen-bond donors (Lipinski definition) is 0. The number of quaternary nitrogens is 1. The number of unbranched alkanes of at least 4 members (excludes halogenated alkanes) is 10. The maximum atomic E-state index is 12.7. The lowest BCUT2D eigenvalue weighted by Crippen LogP contribution is -2.44. The van der Waals surface area contributed by atoms with Crippen molar-refractivity contribution in [3.05, 3.63) is 65.7 Å². The Balaban J connectivity index is 1.59. The highest BCUT2D eigenvalue weighted by Gasteiger charge is 2.28. The first kappa shape index (κ1) is 31.9. The maximum Gasteiger partial charge on any atom is 0.317 e. The normalized spacial score (nSPS) is 12.3. The zero-order valence-electron chi connectivity index (χ0n) is 24.8. The molecule has 0 N–H and O–H groups in total. The highest BCUT2D eigenvalue weighted by atomic mass is 16.7. The standard InChI is InChI=1S/C34H54NO3/c1-5-7-8-9-10-11-12-13-14-15-17-20-30-23-25-33(26-24-30)37-29-38-34(36)32(6-2)28-35(3,4)27-31-21-18-16-19-22-31/h16,18-19,21-26,32H,5-15,17,20,27-29H2,1-4H3/q+1. The summed E-state index contributed by atoms with van der Waals surface area (Å²) in [6, 6.07) is 18.7. The molecule has 2 aromatic rings. The molecule has 0 heterocycles. The molecule has 1 atom stereocenters. The average molecular weight is 525 g/mol. The van der Waals surface area contributed by atoms with E-state index in [4.69, 9.17) is 9.47 Å². The largest absolute Gasteiger partial charge is 0.457 e. The second-order valence-electron chi connectivity index (χ2n) is 11.5. The first-order valence-electron chi connectivity index (χ1n) is 15.2. The van der Waals surface area contributed by atoms with Gasteiger partial charge in [0.15, 0.2) is 0 Å². The Kier molecular flexibility index (Phi) is 15.8. The summed E-state index contributed by atoms with van der Waals surface area (Å²) >= 11 is 0. The Hall–Kier alpha value is -2.33. The van der Waals surface area contributed by atoms with Gasteiger partial charge in [-0.1, -0.05) is 121 Å². The van der Waals surface area contributed by atoms with E-state index in [-0.39, 0.29) is 18.7 Å². The van der Waals surface area contributed by atoms with Crippen molar-refractivity contribution in [1.82, 2.24) is 0 Å². The van der Waals surface area contributed by atoms with Gasteiger partial charge in [0.1, 0.15) is 18.2 Å². The molecule has 0 amide bonds. The van der Waals surface area contributed by atoms with Crippen molar-refractivity contribution in [2.75, 3.05) is 27.4 Å². The quantitative estimate of drug-likeness (QED) is 0.0709. The number of nitrogens with zero attached hydrogens (tertiary/aromatic N) is 1. The van der Waals surface area contributed by atoms with Gasteiger partial charge in [-0.3, -0.25) is 4.79 Å². The summed E-state index contributed by atoms with van der Waals surface area (Å²) in [5.41, 5.74) is 2.62. The molecule has 0 bridgehead atoms. The van der Waals surface area contributed by atoms with E-state index in [2.05, 4.69) is 57.4 Å². The van der Waals surface area contributed by atoms with Crippen LogP contribution in [0.5, 0.6) is 5.75 Å². The molecule has 2 rings (SSSR count). The molecule has 0 aromatic heterocycles. The van der Waals surface area contributed by atoms with Crippen LogP contribution in [0.1, 0.15) is 102 Å². The first-order chi connectivity index (χ1) is 18.4. The van der Waals surface area contributed by atoms with E-state index < -0.39 is 0 Å². The fourth-order valence-corrected chi connectivity index (χ4v) is 5.13. The van der Waals surface area contributed by atoms with E-state index in [0.717, 1.165) is 36.2 Å². The van der Waals surface area contributed by atoms with Gasteiger partial charge in [0.05, 0.1) is 20.6 Å². The number of rotatable bonds is 21. The summed E-state index contributed by atoms with van der Waals surface area (Å²) in [7, 11) is 4.33. The Morgan fingerprint density at radius 1 is 0.737 bits per heavy atom. The van der Waals surface area contributed by atoms with Crippen LogP contribution in [0.25, 0.3) is 0 Å². The van der Waals surface area contributed by atoms with Crippen molar-refractivity contribution in [2.24, 2.45) is 5.92 Å². The van der Waals surface area contributed by atoms with Crippen LogP contribution in [0.15, 0.2) is 54.6 Å². The van der Waals surface area contributed by atoms with Crippen molar-refractivity contribution in [2.45, 2.75) is 104 Å². The smallest absolute Gasteiger partial charge is 0.317 e. The minimum absolute atomic E-state index is 0.0423. The van der Waals surface area contributed by atoms with E-state index in [9.17, 15) is 4.79 Å². The zero-order valence-corrected chi connectivity index (χ0v) is 24.8. The van der Waals surface area contributed by atoms with Gasteiger partial charge in [-0.15, -0.1) is 0 Å². The van der Waals surface area contributed by atoms with E-state index in [0.29, 0.717) is 0 Å². The van der Waals surface area contributed by atoms with Crippen LogP contribution < -0.4 is 4.74 Å². The van der Waals surface area contributed by atoms with E-state index in [1.807, 2.05) is 25.1 Å². The zero-order chi connectivity index (χ0) is 27.5. The van der Waals surface area contributed by atoms with Gasteiger partial charge in [0.2, 0.25) is 6.79 Å². The van der Waals surface area contributed by atoms with Crippen LogP contribution in [-0.4, -0.2) is 37.9 Å². The summed E-state index contributed by atoms with van der Waals surface area (Å²) in [6.45, 7) is 5.90. The summed E-state index contributed by atoms with van der Waals surface area (Å²) in [4.78, 5) is 12.7. The van der Waals surface area contributed by atoms with Gasteiger partial charge in [0, 0.05) is 5.56 Å². The topological polar surface area (TPSA) is 35.5 Å². The Bertz CT molecular complexity index is 863. The van der Waals surface area contributed by atoms with Crippen LogP contribution in [-0.2, 0) is 22.5 Å². The van der Waals surface area contributed by atoms with E-state index >= 15 is 0 Å². The van der Waals surface area contributed by atoms with Crippen LogP contribution in [0.2, 0.25) is 0 Å². The number of carbonyl (C=O) groups excluding carboxylic acids is 1. The third-order valence-electron chi connectivity index (χ3n) is 7.41. The summed E-state index contributed by atoms with van der Waals surface area (Å²) < 4.78 is 11.9.